The molecular weight excluding hydrogens is 278 g/mol. The average molecular weight is 301 g/mol. The molecule has 1 aromatic heterocycles. The summed E-state index contributed by atoms with van der Waals surface area (Å²) in [5.74, 6) is 0.229. The maximum absolute atomic E-state index is 12.4. The Morgan fingerprint density at radius 3 is 2.75 bits per heavy atom. The van der Waals surface area contributed by atoms with E-state index in [0.29, 0.717) is 19.4 Å². The summed E-state index contributed by atoms with van der Waals surface area (Å²) < 4.78 is 29.2. The number of aliphatic hydroxyl groups is 1. The van der Waals surface area contributed by atoms with E-state index in [1.54, 1.807) is 0 Å². The zero-order valence-corrected chi connectivity index (χ0v) is 12.8. The molecule has 6 nitrogen and oxygen atoms in total. The van der Waals surface area contributed by atoms with Crippen molar-refractivity contribution < 1.29 is 13.5 Å². The van der Waals surface area contributed by atoms with E-state index in [1.807, 2.05) is 13.8 Å². The quantitative estimate of drug-likeness (QED) is 0.790. The van der Waals surface area contributed by atoms with Crippen LogP contribution in [0.3, 0.4) is 0 Å². The first-order chi connectivity index (χ1) is 9.47. The highest BCUT2D eigenvalue weighted by Gasteiger charge is 2.35. The van der Waals surface area contributed by atoms with Crippen LogP contribution < -0.4 is 4.72 Å². The van der Waals surface area contributed by atoms with Crippen LogP contribution in [0.25, 0.3) is 0 Å². The van der Waals surface area contributed by atoms with Crippen LogP contribution in [-0.2, 0) is 16.6 Å². The van der Waals surface area contributed by atoms with Crippen LogP contribution in [0, 0.1) is 5.92 Å². The van der Waals surface area contributed by atoms with Gasteiger partial charge >= 0.3 is 0 Å². The summed E-state index contributed by atoms with van der Waals surface area (Å²) in [5.41, 5.74) is 0. The second kappa shape index (κ2) is 6.24. The Labute approximate surface area is 120 Å². The van der Waals surface area contributed by atoms with E-state index in [2.05, 4.69) is 9.82 Å². The number of hydrogen-bond donors (Lipinski definition) is 2. The van der Waals surface area contributed by atoms with Gasteiger partial charge in [0.05, 0.1) is 12.3 Å². The lowest BCUT2D eigenvalue weighted by Gasteiger charge is -2.37. The van der Waals surface area contributed by atoms with Crippen LogP contribution in [0.4, 0.5) is 0 Å². The molecule has 1 atom stereocenters. The predicted octanol–water partition coefficient (Wildman–Crippen LogP) is 1.12. The first kappa shape index (κ1) is 15.5. The van der Waals surface area contributed by atoms with E-state index < -0.39 is 10.0 Å². The third-order valence-electron chi connectivity index (χ3n) is 3.85. The summed E-state index contributed by atoms with van der Waals surface area (Å²) >= 11 is 0. The molecule has 0 aromatic carbocycles. The van der Waals surface area contributed by atoms with Gasteiger partial charge in [-0.05, 0) is 37.7 Å². The van der Waals surface area contributed by atoms with Crippen LogP contribution in [0.15, 0.2) is 17.3 Å². The Hall–Kier alpha value is -0.920. The van der Waals surface area contributed by atoms with Crippen LogP contribution in [0.5, 0.6) is 0 Å². The standard InChI is InChI=1S/C13H23N3O3S/c1-3-7-16-13(5-6-14-16)20(18,19)15-12(4-2)10-8-11(17)9-10/h5-6,10-12,15,17H,3-4,7-9H2,1-2H3/t10?,11?,12-/m1/s1. The van der Waals surface area contributed by atoms with Gasteiger partial charge in [-0.1, -0.05) is 13.8 Å². The van der Waals surface area contributed by atoms with E-state index in [4.69, 9.17) is 0 Å². The molecule has 2 rings (SSSR count). The number of rotatable bonds is 7. The van der Waals surface area contributed by atoms with Gasteiger partial charge in [-0.3, -0.25) is 4.68 Å². The van der Waals surface area contributed by atoms with Gasteiger partial charge in [0.2, 0.25) is 0 Å². The first-order valence-electron chi connectivity index (χ1n) is 7.20. The third kappa shape index (κ3) is 3.21. The normalized spacial score (nSPS) is 24.4. The van der Waals surface area contributed by atoms with Crippen molar-refractivity contribution in [3.8, 4) is 0 Å². The lowest BCUT2D eigenvalue weighted by atomic mass is 9.77. The molecule has 0 saturated heterocycles. The molecule has 1 aliphatic carbocycles. The smallest absolute Gasteiger partial charge is 0.257 e. The average Bonchev–Trinajstić information content (AvgIpc) is 2.82. The van der Waals surface area contributed by atoms with Gasteiger partial charge in [0, 0.05) is 12.6 Å². The van der Waals surface area contributed by atoms with Crippen molar-refractivity contribution in [2.45, 2.75) is 63.2 Å². The number of hydrogen-bond acceptors (Lipinski definition) is 4. The molecule has 7 heteroatoms. The van der Waals surface area contributed by atoms with Gasteiger partial charge < -0.3 is 5.11 Å². The van der Waals surface area contributed by atoms with Crippen molar-refractivity contribution in [2.24, 2.45) is 5.92 Å². The molecular formula is C13H23N3O3S. The molecule has 0 amide bonds. The summed E-state index contributed by atoms with van der Waals surface area (Å²) in [6.45, 7) is 4.53. The molecule has 1 fully saturated rings. The highest BCUT2D eigenvalue weighted by molar-refractivity contribution is 7.89. The van der Waals surface area contributed by atoms with E-state index in [9.17, 15) is 13.5 Å². The van der Waals surface area contributed by atoms with Crippen molar-refractivity contribution in [1.82, 2.24) is 14.5 Å². The molecule has 0 spiro atoms. The fourth-order valence-electron chi connectivity index (χ4n) is 2.66. The molecule has 114 valence electrons. The Morgan fingerprint density at radius 2 is 2.20 bits per heavy atom. The molecule has 1 aliphatic rings. The molecule has 1 aromatic rings. The van der Waals surface area contributed by atoms with Crippen molar-refractivity contribution >= 4 is 10.0 Å². The fourth-order valence-corrected chi connectivity index (χ4v) is 4.19. The zero-order chi connectivity index (χ0) is 14.8. The minimum atomic E-state index is -3.55. The monoisotopic (exact) mass is 301 g/mol. The van der Waals surface area contributed by atoms with Crippen LogP contribution >= 0.6 is 0 Å². The minimum absolute atomic E-state index is 0.117. The Balaban J connectivity index is 2.11. The largest absolute Gasteiger partial charge is 0.393 e. The first-order valence-corrected chi connectivity index (χ1v) is 8.68. The van der Waals surface area contributed by atoms with Gasteiger partial charge in [-0.25, -0.2) is 13.1 Å². The summed E-state index contributed by atoms with van der Waals surface area (Å²) in [6, 6.07) is 1.41. The summed E-state index contributed by atoms with van der Waals surface area (Å²) in [4.78, 5) is 0. The molecule has 20 heavy (non-hydrogen) atoms. The SMILES string of the molecule is CCCn1nccc1S(=O)(=O)N[C@H](CC)C1CC(O)C1. The second-order valence-electron chi connectivity index (χ2n) is 5.41. The third-order valence-corrected chi connectivity index (χ3v) is 5.36. The molecule has 0 aliphatic heterocycles. The number of aryl methyl sites for hydroxylation is 1. The predicted molar refractivity (Wildman–Crippen MR) is 75.6 cm³/mol. The maximum Gasteiger partial charge on any atom is 0.257 e. The lowest BCUT2D eigenvalue weighted by Crippen LogP contribution is -2.46. The number of aliphatic hydroxyl groups excluding tert-OH is 1. The second-order valence-corrected chi connectivity index (χ2v) is 7.07. The van der Waals surface area contributed by atoms with Crippen molar-refractivity contribution in [2.75, 3.05) is 0 Å². The van der Waals surface area contributed by atoms with Crippen molar-refractivity contribution in [3.63, 3.8) is 0 Å². The number of aromatic nitrogens is 2. The molecule has 0 bridgehead atoms. The van der Waals surface area contributed by atoms with Gasteiger partial charge in [0.25, 0.3) is 10.0 Å². The number of nitrogens with zero attached hydrogens (tertiary/aromatic N) is 2. The maximum atomic E-state index is 12.4. The van der Waals surface area contributed by atoms with Gasteiger partial charge in [-0.15, -0.1) is 0 Å². The number of sulfonamides is 1. The summed E-state index contributed by atoms with van der Waals surface area (Å²) in [6.07, 6.45) is 4.14. The fraction of sp³-hybridized carbons (Fsp3) is 0.769. The van der Waals surface area contributed by atoms with E-state index in [-0.39, 0.29) is 23.1 Å². The topological polar surface area (TPSA) is 84.2 Å². The van der Waals surface area contributed by atoms with Gasteiger partial charge in [-0.2, -0.15) is 5.10 Å². The zero-order valence-electron chi connectivity index (χ0n) is 12.0. The molecule has 1 saturated carbocycles. The van der Waals surface area contributed by atoms with Crippen LogP contribution in [0.2, 0.25) is 0 Å². The minimum Gasteiger partial charge on any atom is -0.393 e. The number of nitrogens with one attached hydrogen (secondary N) is 1. The molecule has 2 N–H and O–H groups in total. The van der Waals surface area contributed by atoms with Crippen LogP contribution in [-0.4, -0.2) is 35.5 Å². The molecule has 0 unspecified atom stereocenters. The highest BCUT2D eigenvalue weighted by atomic mass is 32.2. The molecule has 1 heterocycles. The van der Waals surface area contributed by atoms with Gasteiger partial charge in [0.1, 0.15) is 0 Å². The van der Waals surface area contributed by atoms with Crippen LogP contribution in [0.1, 0.15) is 39.5 Å². The van der Waals surface area contributed by atoms with E-state index in [0.717, 1.165) is 12.8 Å². The lowest BCUT2D eigenvalue weighted by molar-refractivity contribution is 0.0277. The summed E-state index contributed by atoms with van der Waals surface area (Å²) in [7, 11) is -3.55. The summed E-state index contributed by atoms with van der Waals surface area (Å²) in [5, 5.41) is 13.6. The molecule has 0 radical (unpaired) electrons. The Bertz CT molecular complexity index is 535. The highest BCUT2D eigenvalue weighted by Crippen LogP contribution is 2.32. The Kier molecular flexibility index (Phi) is 4.82. The Morgan fingerprint density at radius 1 is 1.50 bits per heavy atom. The van der Waals surface area contributed by atoms with Gasteiger partial charge in [0.15, 0.2) is 5.03 Å². The van der Waals surface area contributed by atoms with Crippen molar-refractivity contribution in [3.05, 3.63) is 12.3 Å². The van der Waals surface area contributed by atoms with Crippen molar-refractivity contribution in [1.29, 1.82) is 0 Å². The van der Waals surface area contributed by atoms with E-state index >= 15 is 0 Å². The van der Waals surface area contributed by atoms with E-state index in [1.165, 1.54) is 16.9 Å².